The molecule has 27 heavy (non-hydrogen) atoms. The highest BCUT2D eigenvalue weighted by molar-refractivity contribution is 5.89. The van der Waals surface area contributed by atoms with Crippen molar-refractivity contribution in [2.24, 2.45) is 0 Å². The zero-order chi connectivity index (χ0) is 19.4. The van der Waals surface area contributed by atoms with Crippen molar-refractivity contribution in [3.8, 4) is 0 Å². The van der Waals surface area contributed by atoms with Gasteiger partial charge in [-0.1, -0.05) is 6.42 Å². The van der Waals surface area contributed by atoms with Crippen molar-refractivity contribution in [2.75, 3.05) is 31.6 Å². The maximum absolute atomic E-state index is 13.6. The third-order valence-corrected chi connectivity index (χ3v) is 5.10. The van der Waals surface area contributed by atoms with Gasteiger partial charge >= 0.3 is 6.03 Å². The zero-order valence-electron chi connectivity index (χ0n) is 14.9. The summed E-state index contributed by atoms with van der Waals surface area (Å²) in [5.74, 6) is -1.60. The molecule has 0 aliphatic carbocycles. The molecule has 3 rings (SSSR count). The molecule has 4 atom stereocenters. The van der Waals surface area contributed by atoms with E-state index in [1.54, 1.807) is 0 Å². The number of anilines is 1. The lowest BCUT2D eigenvalue weighted by Gasteiger charge is -2.36. The predicted molar refractivity (Wildman–Crippen MR) is 94.3 cm³/mol. The number of carbonyl (C=O) groups excluding carboxylic acids is 1. The molecule has 0 bridgehead atoms. The van der Waals surface area contributed by atoms with Crippen LogP contribution in [-0.2, 0) is 4.74 Å². The number of aliphatic hydroxyl groups is 2. The SMILES string of the molecule is O=C(NC[C@@H]1O[C@@H](CO)[C@@H](O)[C@H]1N1CCCCC1)Nc1ccc(F)cc1F. The van der Waals surface area contributed by atoms with E-state index in [2.05, 4.69) is 15.5 Å². The molecule has 2 heterocycles. The number of halogens is 2. The topological polar surface area (TPSA) is 94.1 Å². The summed E-state index contributed by atoms with van der Waals surface area (Å²) in [5, 5.41) is 24.8. The van der Waals surface area contributed by atoms with Crippen LogP contribution < -0.4 is 10.6 Å². The second-order valence-electron chi connectivity index (χ2n) is 6.93. The second-order valence-corrected chi connectivity index (χ2v) is 6.93. The molecule has 2 fully saturated rings. The number of rotatable bonds is 5. The van der Waals surface area contributed by atoms with Crippen LogP contribution in [0, 0.1) is 11.6 Å². The van der Waals surface area contributed by atoms with Gasteiger partial charge in [0.2, 0.25) is 0 Å². The van der Waals surface area contributed by atoms with Crippen LogP contribution in [0.2, 0.25) is 0 Å². The summed E-state index contributed by atoms with van der Waals surface area (Å²) >= 11 is 0. The molecule has 1 aromatic rings. The lowest BCUT2D eigenvalue weighted by molar-refractivity contribution is -0.0205. The van der Waals surface area contributed by atoms with Gasteiger partial charge in [0.05, 0.1) is 24.4 Å². The number of aliphatic hydroxyl groups excluding tert-OH is 2. The van der Waals surface area contributed by atoms with Gasteiger partial charge in [0, 0.05) is 12.6 Å². The van der Waals surface area contributed by atoms with Crippen LogP contribution >= 0.6 is 0 Å². The molecular formula is C18H25F2N3O4. The molecule has 2 aliphatic rings. The second kappa shape index (κ2) is 8.92. The van der Waals surface area contributed by atoms with E-state index in [1.165, 1.54) is 0 Å². The molecule has 1 aromatic carbocycles. The number of hydrogen-bond acceptors (Lipinski definition) is 5. The Labute approximate surface area is 156 Å². The molecule has 4 N–H and O–H groups in total. The lowest BCUT2D eigenvalue weighted by atomic mass is 9.99. The number of nitrogens with zero attached hydrogens (tertiary/aromatic N) is 1. The number of likely N-dealkylation sites (tertiary alicyclic amines) is 1. The van der Waals surface area contributed by atoms with Gasteiger partial charge in [-0.3, -0.25) is 4.90 Å². The van der Waals surface area contributed by atoms with E-state index in [-0.39, 0.29) is 24.9 Å². The van der Waals surface area contributed by atoms with Crippen LogP contribution in [0.5, 0.6) is 0 Å². The smallest absolute Gasteiger partial charge is 0.319 e. The standard InChI is InChI=1S/C18H25F2N3O4/c19-11-4-5-13(12(20)8-11)22-18(26)21-9-14-16(17(25)15(10-24)27-14)23-6-2-1-3-7-23/h4-5,8,14-17,24-25H,1-3,6-7,9-10H2,(H2,21,22,26)/t14-,15-,16-,17+/m0/s1. The molecule has 0 saturated carbocycles. The summed E-state index contributed by atoms with van der Waals surface area (Å²) < 4.78 is 32.3. The highest BCUT2D eigenvalue weighted by Crippen LogP contribution is 2.28. The van der Waals surface area contributed by atoms with Crippen LogP contribution in [0.1, 0.15) is 19.3 Å². The fourth-order valence-electron chi connectivity index (χ4n) is 3.76. The number of nitrogens with one attached hydrogen (secondary N) is 2. The minimum absolute atomic E-state index is 0.0867. The minimum atomic E-state index is -0.871. The molecule has 0 radical (unpaired) electrons. The van der Waals surface area contributed by atoms with Crippen LogP contribution in [-0.4, -0.2) is 71.7 Å². The van der Waals surface area contributed by atoms with Gasteiger partial charge in [0.1, 0.15) is 23.8 Å². The van der Waals surface area contributed by atoms with Gasteiger partial charge in [-0.05, 0) is 38.1 Å². The average molecular weight is 385 g/mol. The Morgan fingerprint density at radius 3 is 2.63 bits per heavy atom. The number of hydrogen-bond donors (Lipinski definition) is 4. The maximum atomic E-state index is 13.6. The molecule has 150 valence electrons. The first-order valence-electron chi connectivity index (χ1n) is 9.18. The summed E-state index contributed by atoms with van der Waals surface area (Å²) in [6.45, 7) is 1.43. The third-order valence-electron chi connectivity index (χ3n) is 5.10. The van der Waals surface area contributed by atoms with E-state index < -0.39 is 36.0 Å². The Kier molecular flexibility index (Phi) is 6.59. The highest BCUT2D eigenvalue weighted by Gasteiger charge is 2.46. The summed E-state index contributed by atoms with van der Waals surface area (Å²) in [4.78, 5) is 14.2. The van der Waals surface area contributed by atoms with E-state index in [9.17, 15) is 23.8 Å². The van der Waals surface area contributed by atoms with E-state index in [0.29, 0.717) is 6.07 Å². The number of carbonyl (C=O) groups is 1. The first-order chi connectivity index (χ1) is 13.0. The fraction of sp³-hybridized carbons (Fsp3) is 0.611. The first-order valence-corrected chi connectivity index (χ1v) is 9.18. The Bertz CT molecular complexity index is 657. The normalized spacial score (nSPS) is 28.9. The molecule has 2 saturated heterocycles. The van der Waals surface area contributed by atoms with Gasteiger partial charge in [-0.15, -0.1) is 0 Å². The molecule has 7 nitrogen and oxygen atoms in total. The van der Waals surface area contributed by atoms with E-state index in [4.69, 9.17) is 4.74 Å². The predicted octanol–water partition coefficient (Wildman–Crippen LogP) is 1.06. The molecule has 9 heteroatoms. The van der Waals surface area contributed by atoms with E-state index in [1.807, 2.05) is 0 Å². The van der Waals surface area contributed by atoms with Crippen LogP contribution in [0.15, 0.2) is 18.2 Å². The van der Waals surface area contributed by atoms with E-state index in [0.717, 1.165) is 44.5 Å². The summed E-state index contributed by atoms with van der Waals surface area (Å²) in [6, 6.07) is 1.88. The first kappa shape index (κ1) is 19.9. The monoisotopic (exact) mass is 385 g/mol. The van der Waals surface area contributed by atoms with Gasteiger partial charge < -0.3 is 25.6 Å². The van der Waals surface area contributed by atoms with Crippen molar-refractivity contribution in [3.63, 3.8) is 0 Å². The molecular weight excluding hydrogens is 360 g/mol. The van der Waals surface area contributed by atoms with Gasteiger partial charge in [-0.2, -0.15) is 0 Å². The maximum Gasteiger partial charge on any atom is 0.319 e. The average Bonchev–Trinajstić information content (AvgIpc) is 2.98. The number of piperidine rings is 1. The van der Waals surface area contributed by atoms with Crippen molar-refractivity contribution in [2.45, 2.75) is 43.6 Å². The summed E-state index contributed by atoms with van der Waals surface area (Å²) in [7, 11) is 0. The quantitative estimate of drug-likeness (QED) is 0.608. The van der Waals surface area contributed by atoms with Gasteiger partial charge in [0.15, 0.2) is 0 Å². The minimum Gasteiger partial charge on any atom is -0.394 e. The molecule has 2 aliphatic heterocycles. The summed E-state index contributed by atoms with van der Waals surface area (Å²) in [5.41, 5.74) is -0.137. The molecule has 0 unspecified atom stereocenters. The molecule has 0 aromatic heterocycles. The number of amides is 2. The third kappa shape index (κ3) is 4.73. The van der Waals surface area contributed by atoms with E-state index >= 15 is 0 Å². The van der Waals surface area contributed by atoms with Crippen LogP contribution in [0.3, 0.4) is 0 Å². The van der Waals surface area contributed by atoms with Crippen LogP contribution in [0.25, 0.3) is 0 Å². The van der Waals surface area contributed by atoms with Crippen molar-refractivity contribution in [1.82, 2.24) is 10.2 Å². The van der Waals surface area contributed by atoms with Gasteiger partial charge in [0.25, 0.3) is 0 Å². The molecule has 2 amide bonds. The van der Waals surface area contributed by atoms with Crippen molar-refractivity contribution >= 4 is 11.7 Å². The van der Waals surface area contributed by atoms with Crippen molar-refractivity contribution < 1.29 is 28.5 Å². The number of ether oxygens (including phenoxy) is 1. The Morgan fingerprint density at radius 2 is 1.96 bits per heavy atom. The van der Waals surface area contributed by atoms with Gasteiger partial charge in [-0.25, -0.2) is 13.6 Å². The fourth-order valence-corrected chi connectivity index (χ4v) is 3.76. The largest absolute Gasteiger partial charge is 0.394 e. The van der Waals surface area contributed by atoms with Crippen molar-refractivity contribution in [3.05, 3.63) is 29.8 Å². The Balaban J connectivity index is 1.59. The number of benzene rings is 1. The number of urea groups is 1. The molecule has 0 spiro atoms. The Hall–Kier alpha value is -1.81. The summed E-state index contributed by atoms with van der Waals surface area (Å²) in [6.07, 6.45) is 1.13. The lowest BCUT2D eigenvalue weighted by Crippen LogP contribution is -2.53. The zero-order valence-corrected chi connectivity index (χ0v) is 14.9. The highest BCUT2D eigenvalue weighted by atomic mass is 19.1. The van der Waals surface area contributed by atoms with Crippen molar-refractivity contribution in [1.29, 1.82) is 0 Å². The van der Waals surface area contributed by atoms with Crippen LogP contribution in [0.4, 0.5) is 19.3 Å². The Morgan fingerprint density at radius 1 is 1.22 bits per heavy atom.